The van der Waals surface area contributed by atoms with Crippen molar-refractivity contribution in [1.82, 2.24) is 9.55 Å². The van der Waals surface area contributed by atoms with Crippen molar-refractivity contribution in [3.8, 4) is 5.69 Å². The first-order valence-corrected chi connectivity index (χ1v) is 7.46. The standard InChI is InChI=1S/C15H12Cl2N2S/c1-2-9-5-3-4-6-13(9)19-14-8-11(17)10(16)7-12(14)18-15(19)20/h3-8H,2H2,1H3,(H,18,20). The Labute approximate surface area is 132 Å². The summed E-state index contributed by atoms with van der Waals surface area (Å²) in [5, 5.41) is 1.04. The molecule has 5 heteroatoms. The molecule has 1 heterocycles. The van der Waals surface area contributed by atoms with Crippen LogP contribution in [0, 0.1) is 4.77 Å². The lowest BCUT2D eigenvalue weighted by Gasteiger charge is -2.10. The Morgan fingerprint density at radius 3 is 2.60 bits per heavy atom. The molecule has 0 aliphatic heterocycles. The first kappa shape index (κ1) is 13.7. The Hall–Kier alpha value is -1.29. The zero-order chi connectivity index (χ0) is 14.3. The third-order valence-electron chi connectivity index (χ3n) is 3.34. The largest absolute Gasteiger partial charge is 0.330 e. The minimum absolute atomic E-state index is 0.520. The second-order valence-corrected chi connectivity index (χ2v) is 5.73. The van der Waals surface area contributed by atoms with Crippen molar-refractivity contribution in [1.29, 1.82) is 0 Å². The first-order chi connectivity index (χ1) is 9.61. The summed E-state index contributed by atoms with van der Waals surface area (Å²) >= 11 is 17.6. The third kappa shape index (κ3) is 2.16. The number of aromatic amines is 1. The Kier molecular flexibility index (Phi) is 3.59. The highest BCUT2D eigenvalue weighted by Crippen LogP contribution is 2.30. The van der Waals surface area contributed by atoms with Crippen LogP contribution in [0.25, 0.3) is 16.7 Å². The average molecular weight is 323 g/mol. The molecule has 2 aromatic carbocycles. The van der Waals surface area contributed by atoms with E-state index in [9.17, 15) is 0 Å². The zero-order valence-corrected chi connectivity index (χ0v) is 13.1. The molecule has 0 saturated carbocycles. The summed E-state index contributed by atoms with van der Waals surface area (Å²) in [4.78, 5) is 3.18. The number of para-hydroxylation sites is 1. The maximum Gasteiger partial charge on any atom is 0.182 e. The molecule has 3 aromatic rings. The number of benzene rings is 2. The van der Waals surface area contributed by atoms with E-state index < -0.39 is 0 Å². The molecule has 0 aliphatic carbocycles. The summed E-state index contributed by atoms with van der Waals surface area (Å²) in [6.07, 6.45) is 0.936. The summed E-state index contributed by atoms with van der Waals surface area (Å²) in [5.74, 6) is 0. The summed E-state index contributed by atoms with van der Waals surface area (Å²) in [7, 11) is 0. The second-order valence-electron chi connectivity index (χ2n) is 4.53. The molecule has 3 rings (SSSR count). The number of nitrogens with zero attached hydrogens (tertiary/aromatic N) is 1. The molecule has 0 aliphatic rings. The Balaban J connectivity index is 2.39. The van der Waals surface area contributed by atoms with Crippen molar-refractivity contribution < 1.29 is 0 Å². The van der Waals surface area contributed by atoms with Crippen molar-refractivity contribution >= 4 is 46.5 Å². The molecule has 0 atom stereocenters. The minimum Gasteiger partial charge on any atom is -0.330 e. The van der Waals surface area contributed by atoms with Crippen LogP contribution in [-0.2, 0) is 6.42 Å². The van der Waals surface area contributed by atoms with E-state index in [4.69, 9.17) is 35.4 Å². The maximum absolute atomic E-state index is 6.14. The molecule has 0 unspecified atom stereocenters. The number of halogens is 2. The fraction of sp³-hybridized carbons (Fsp3) is 0.133. The highest BCUT2D eigenvalue weighted by molar-refractivity contribution is 7.71. The molecule has 102 valence electrons. The number of rotatable bonds is 2. The predicted molar refractivity (Wildman–Crippen MR) is 87.9 cm³/mol. The van der Waals surface area contributed by atoms with Crippen molar-refractivity contribution in [2.75, 3.05) is 0 Å². The third-order valence-corrected chi connectivity index (χ3v) is 4.34. The average Bonchev–Trinajstić information content (AvgIpc) is 2.74. The van der Waals surface area contributed by atoms with Gasteiger partial charge in [0.05, 0.1) is 26.8 Å². The number of hydrogen-bond donors (Lipinski definition) is 1. The number of fused-ring (bicyclic) bond motifs is 1. The van der Waals surface area contributed by atoms with Crippen LogP contribution in [0.4, 0.5) is 0 Å². The van der Waals surface area contributed by atoms with Gasteiger partial charge in [0.1, 0.15) is 0 Å². The molecule has 0 saturated heterocycles. The van der Waals surface area contributed by atoms with Crippen LogP contribution in [0.2, 0.25) is 10.0 Å². The van der Waals surface area contributed by atoms with Gasteiger partial charge in [-0.05, 0) is 42.4 Å². The van der Waals surface area contributed by atoms with E-state index >= 15 is 0 Å². The molecular weight excluding hydrogens is 311 g/mol. The number of aromatic nitrogens is 2. The van der Waals surface area contributed by atoms with Crippen molar-refractivity contribution in [2.45, 2.75) is 13.3 Å². The molecule has 20 heavy (non-hydrogen) atoms. The van der Waals surface area contributed by atoms with Gasteiger partial charge in [-0.15, -0.1) is 0 Å². The van der Waals surface area contributed by atoms with Crippen LogP contribution in [-0.4, -0.2) is 9.55 Å². The van der Waals surface area contributed by atoms with Crippen LogP contribution >= 0.6 is 35.4 Å². The number of nitrogens with one attached hydrogen (secondary N) is 1. The van der Waals surface area contributed by atoms with E-state index in [1.54, 1.807) is 6.07 Å². The van der Waals surface area contributed by atoms with Gasteiger partial charge < -0.3 is 4.98 Å². The molecule has 2 nitrogen and oxygen atoms in total. The van der Waals surface area contributed by atoms with Gasteiger partial charge in [-0.3, -0.25) is 4.57 Å². The lowest BCUT2D eigenvalue weighted by molar-refractivity contribution is 1.01. The lowest BCUT2D eigenvalue weighted by Crippen LogP contribution is -1.98. The molecule has 1 N–H and O–H groups in total. The van der Waals surface area contributed by atoms with E-state index in [0.717, 1.165) is 23.1 Å². The van der Waals surface area contributed by atoms with Gasteiger partial charge in [-0.2, -0.15) is 0 Å². The number of hydrogen-bond acceptors (Lipinski definition) is 1. The maximum atomic E-state index is 6.14. The topological polar surface area (TPSA) is 20.7 Å². The SMILES string of the molecule is CCc1ccccc1-n1c(=S)[nH]c2cc(Cl)c(Cl)cc21. The van der Waals surface area contributed by atoms with Crippen LogP contribution < -0.4 is 0 Å². The molecule has 0 amide bonds. The summed E-state index contributed by atoms with van der Waals surface area (Å²) < 4.78 is 2.64. The van der Waals surface area contributed by atoms with Crippen molar-refractivity contribution in [3.05, 3.63) is 56.8 Å². The molecular formula is C15H12Cl2N2S. The van der Waals surface area contributed by atoms with Gasteiger partial charge in [0.15, 0.2) is 4.77 Å². The zero-order valence-electron chi connectivity index (χ0n) is 10.8. The highest BCUT2D eigenvalue weighted by Gasteiger charge is 2.11. The van der Waals surface area contributed by atoms with E-state index in [0.29, 0.717) is 14.8 Å². The lowest BCUT2D eigenvalue weighted by atomic mass is 10.1. The first-order valence-electron chi connectivity index (χ1n) is 6.30. The van der Waals surface area contributed by atoms with Gasteiger partial charge >= 0.3 is 0 Å². The second kappa shape index (κ2) is 5.24. The normalized spacial score (nSPS) is 11.2. The van der Waals surface area contributed by atoms with Gasteiger partial charge in [0.2, 0.25) is 0 Å². The monoisotopic (exact) mass is 322 g/mol. The highest BCUT2D eigenvalue weighted by atomic mass is 35.5. The molecule has 0 radical (unpaired) electrons. The van der Waals surface area contributed by atoms with E-state index in [2.05, 4.69) is 24.0 Å². The smallest absolute Gasteiger partial charge is 0.182 e. The Bertz CT molecular complexity index is 849. The van der Waals surface area contributed by atoms with Crippen LogP contribution in [0.5, 0.6) is 0 Å². The Morgan fingerprint density at radius 2 is 1.85 bits per heavy atom. The number of H-pyrrole nitrogens is 1. The summed E-state index contributed by atoms with van der Waals surface area (Å²) in [5.41, 5.74) is 4.13. The fourth-order valence-electron chi connectivity index (χ4n) is 2.37. The quantitative estimate of drug-likeness (QED) is 0.613. The van der Waals surface area contributed by atoms with Crippen LogP contribution in [0.1, 0.15) is 12.5 Å². The van der Waals surface area contributed by atoms with E-state index in [1.165, 1.54) is 5.56 Å². The van der Waals surface area contributed by atoms with Crippen LogP contribution in [0.3, 0.4) is 0 Å². The van der Waals surface area contributed by atoms with Crippen molar-refractivity contribution in [3.63, 3.8) is 0 Å². The predicted octanol–water partition coefficient (Wildman–Crippen LogP) is 5.56. The molecule has 0 bridgehead atoms. The molecule has 1 aromatic heterocycles. The van der Waals surface area contributed by atoms with E-state index in [-0.39, 0.29) is 0 Å². The number of aryl methyl sites for hydroxylation is 1. The molecule has 0 fully saturated rings. The van der Waals surface area contributed by atoms with Crippen molar-refractivity contribution in [2.24, 2.45) is 0 Å². The summed E-state index contributed by atoms with van der Waals surface area (Å²) in [6, 6.07) is 11.9. The fourth-order valence-corrected chi connectivity index (χ4v) is 3.00. The molecule has 0 spiro atoms. The van der Waals surface area contributed by atoms with Crippen LogP contribution in [0.15, 0.2) is 36.4 Å². The van der Waals surface area contributed by atoms with Gasteiger partial charge in [-0.1, -0.05) is 48.3 Å². The minimum atomic E-state index is 0.520. The number of imidazole rings is 1. The van der Waals surface area contributed by atoms with Gasteiger partial charge in [0.25, 0.3) is 0 Å². The van der Waals surface area contributed by atoms with E-state index in [1.807, 2.05) is 22.8 Å². The Morgan fingerprint density at radius 1 is 1.15 bits per heavy atom. The summed E-state index contributed by atoms with van der Waals surface area (Å²) in [6.45, 7) is 2.13. The van der Waals surface area contributed by atoms with Gasteiger partial charge in [0, 0.05) is 0 Å². The van der Waals surface area contributed by atoms with Gasteiger partial charge in [-0.25, -0.2) is 0 Å².